The molecule has 1 aromatic heterocycles. The monoisotopic (exact) mass is 367 g/mol. The molecular weight excluding hydrogens is 342 g/mol. The molecule has 142 valence electrons. The number of fused-ring (bicyclic) bond motifs is 2. The molecule has 2 aromatic rings. The van der Waals surface area contributed by atoms with Crippen LogP contribution in [-0.4, -0.2) is 59.7 Å². The molecular formula is C21H25N3O3. The molecule has 3 aliphatic rings. The molecule has 1 atom stereocenters. The van der Waals surface area contributed by atoms with Crippen molar-refractivity contribution in [3.05, 3.63) is 47.8 Å². The van der Waals surface area contributed by atoms with E-state index in [0.29, 0.717) is 19.8 Å². The number of ether oxygens (including phenoxy) is 2. The SMILES string of the molecule is O=C(CN1CCn2cccc2[C@@H]1c1ccc2c(c1)OCCO2)N1CCCC1. The summed E-state index contributed by atoms with van der Waals surface area (Å²) in [5, 5.41) is 0. The lowest BCUT2D eigenvalue weighted by atomic mass is 9.99. The van der Waals surface area contributed by atoms with Crippen molar-refractivity contribution >= 4 is 5.91 Å². The number of benzene rings is 1. The minimum Gasteiger partial charge on any atom is -0.486 e. The zero-order chi connectivity index (χ0) is 18.2. The van der Waals surface area contributed by atoms with Crippen LogP contribution >= 0.6 is 0 Å². The van der Waals surface area contributed by atoms with Crippen LogP contribution in [0.3, 0.4) is 0 Å². The van der Waals surface area contributed by atoms with E-state index in [9.17, 15) is 4.79 Å². The summed E-state index contributed by atoms with van der Waals surface area (Å²) >= 11 is 0. The minimum absolute atomic E-state index is 0.0520. The van der Waals surface area contributed by atoms with Crippen molar-refractivity contribution in [2.24, 2.45) is 0 Å². The lowest BCUT2D eigenvalue weighted by Crippen LogP contribution is -2.45. The Morgan fingerprint density at radius 1 is 1.00 bits per heavy atom. The van der Waals surface area contributed by atoms with Crippen molar-refractivity contribution in [1.29, 1.82) is 0 Å². The second-order valence-corrected chi connectivity index (χ2v) is 7.49. The summed E-state index contributed by atoms with van der Waals surface area (Å²) < 4.78 is 13.8. The molecule has 0 radical (unpaired) electrons. The van der Waals surface area contributed by atoms with E-state index in [2.05, 4.69) is 39.9 Å². The van der Waals surface area contributed by atoms with Gasteiger partial charge in [-0.1, -0.05) is 6.07 Å². The first-order chi connectivity index (χ1) is 13.3. The molecule has 6 heteroatoms. The van der Waals surface area contributed by atoms with Gasteiger partial charge in [-0.05, 0) is 42.7 Å². The zero-order valence-electron chi connectivity index (χ0n) is 15.5. The lowest BCUT2D eigenvalue weighted by Gasteiger charge is -2.38. The average molecular weight is 367 g/mol. The molecule has 6 nitrogen and oxygen atoms in total. The first-order valence-electron chi connectivity index (χ1n) is 9.86. The molecule has 0 bridgehead atoms. The highest BCUT2D eigenvalue weighted by Gasteiger charge is 2.32. The van der Waals surface area contributed by atoms with Crippen molar-refractivity contribution in [2.45, 2.75) is 25.4 Å². The molecule has 0 spiro atoms. The maximum atomic E-state index is 12.8. The van der Waals surface area contributed by atoms with E-state index in [4.69, 9.17) is 9.47 Å². The predicted molar refractivity (Wildman–Crippen MR) is 101 cm³/mol. The third-order valence-corrected chi connectivity index (χ3v) is 5.82. The number of carbonyl (C=O) groups excluding carboxylic acids is 1. The Balaban J connectivity index is 1.47. The zero-order valence-corrected chi connectivity index (χ0v) is 15.5. The Morgan fingerprint density at radius 2 is 1.81 bits per heavy atom. The molecule has 5 rings (SSSR count). The number of amides is 1. The molecule has 1 amide bonds. The summed E-state index contributed by atoms with van der Waals surface area (Å²) in [4.78, 5) is 17.1. The van der Waals surface area contributed by atoms with Crippen LogP contribution in [0.4, 0.5) is 0 Å². The number of likely N-dealkylation sites (tertiary alicyclic amines) is 1. The first-order valence-corrected chi connectivity index (χ1v) is 9.86. The van der Waals surface area contributed by atoms with Crippen molar-refractivity contribution in [3.8, 4) is 11.5 Å². The molecule has 27 heavy (non-hydrogen) atoms. The molecule has 0 saturated carbocycles. The number of nitrogens with zero attached hydrogens (tertiary/aromatic N) is 3. The van der Waals surface area contributed by atoms with E-state index >= 15 is 0 Å². The summed E-state index contributed by atoms with van der Waals surface area (Å²) in [5.74, 6) is 1.85. The van der Waals surface area contributed by atoms with Crippen LogP contribution in [0.25, 0.3) is 0 Å². The van der Waals surface area contributed by atoms with Gasteiger partial charge in [0, 0.05) is 38.1 Å². The Bertz CT molecular complexity index is 841. The van der Waals surface area contributed by atoms with Crippen molar-refractivity contribution in [2.75, 3.05) is 39.4 Å². The van der Waals surface area contributed by atoms with Crippen LogP contribution in [-0.2, 0) is 11.3 Å². The first kappa shape index (κ1) is 16.7. The third-order valence-electron chi connectivity index (χ3n) is 5.82. The number of carbonyl (C=O) groups is 1. The smallest absolute Gasteiger partial charge is 0.236 e. The van der Waals surface area contributed by atoms with Crippen molar-refractivity contribution in [1.82, 2.24) is 14.4 Å². The van der Waals surface area contributed by atoms with Crippen molar-refractivity contribution < 1.29 is 14.3 Å². The molecule has 0 aliphatic carbocycles. The number of aromatic nitrogens is 1. The van der Waals surface area contributed by atoms with Gasteiger partial charge in [-0.3, -0.25) is 9.69 Å². The fraction of sp³-hybridized carbons (Fsp3) is 0.476. The molecule has 0 N–H and O–H groups in total. The normalized spacial score (nSPS) is 21.9. The molecule has 4 heterocycles. The van der Waals surface area contributed by atoms with Gasteiger partial charge in [0.25, 0.3) is 0 Å². The lowest BCUT2D eigenvalue weighted by molar-refractivity contribution is -0.132. The average Bonchev–Trinajstić information content (AvgIpc) is 3.39. The van der Waals surface area contributed by atoms with Gasteiger partial charge in [0.2, 0.25) is 5.91 Å². The number of hydrogen-bond acceptors (Lipinski definition) is 4. The van der Waals surface area contributed by atoms with Gasteiger partial charge >= 0.3 is 0 Å². The maximum absolute atomic E-state index is 12.8. The van der Waals surface area contributed by atoms with Crippen LogP contribution in [0.15, 0.2) is 36.5 Å². The summed E-state index contributed by atoms with van der Waals surface area (Å²) in [6.45, 7) is 5.21. The standard InChI is InChI=1S/C21H25N3O3/c25-20(23-7-1-2-8-23)15-24-11-10-22-9-3-4-17(22)21(24)16-5-6-18-19(14-16)27-13-12-26-18/h3-6,9,14,21H,1-2,7-8,10-13,15H2/t21-/m0/s1. The van der Waals surface area contributed by atoms with Gasteiger partial charge in [-0.2, -0.15) is 0 Å². The summed E-state index contributed by atoms with van der Waals surface area (Å²) in [7, 11) is 0. The summed E-state index contributed by atoms with van der Waals surface area (Å²) in [6, 6.07) is 10.5. The molecule has 1 fully saturated rings. The molecule has 1 saturated heterocycles. The second-order valence-electron chi connectivity index (χ2n) is 7.49. The van der Waals surface area contributed by atoms with E-state index < -0.39 is 0 Å². The van der Waals surface area contributed by atoms with Crippen LogP contribution in [0.5, 0.6) is 11.5 Å². The Morgan fingerprint density at radius 3 is 2.67 bits per heavy atom. The minimum atomic E-state index is 0.0520. The topological polar surface area (TPSA) is 46.9 Å². The molecule has 3 aliphatic heterocycles. The highest BCUT2D eigenvalue weighted by atomic mass is 16.6. The van der Waals surface area contributed by atoms with E-state index in [1.54, 1.807) is 0 Å². The summed E-state index contributed by atoms with van der Waals surface area (Å²) in [5.41, 5.74) is 2.38. The van der Waals surface area contributed by atoms with E-state index in [-0.39, 0.29) is 11.9 Å². The molecule has 1 aromatic carbocycles. The van der Waals surface area contributed by atoms with Crippen LogP contribution in [0.1, 0.15) is 30.1 Å². The van der Waals surface area contributed by atoms with Gasteiger partial charge in [-0.15, -0.1) is 0 Å². The van der Waals surface area contributed by atoms with Crippen LogP contribution < -0.4 is 9.47 Å². The molecule has 0 unspecified atom stereocenters. The Labute approximate surface area is 159 Å². The maximum Gasteiger partial charge on any atom is 0.236 e. The summed E-state index contributed by atoms with van der Waals surface area (Å²) in [6.07, 6.45) is 4.38. The second kappa shape index (κ2) is 6.93. The quantitative estimate of drug-likeness (QED) is 0.835. The van der Waals surface area contributed by atoms with Crippen molar-refractivity contribution in [3.63, 3.8) is 0 Å². The fourth-order valence-corrected chi connectivity index (χ4v) is 4.45. The van der Waals surface area contributed by atoms with Gasteiger partial charge in [0.05, 0.1) is 12.6 Å². The van der Waals surface area contributed by atoms with E-state index in [0.717, 1.165) is 56.1 Å². The highest BCUT2D eigenvalue weighted by Crippen LogP contribution is 2.38. The fourth-order valence-electron chi connectivity index (χ4n) is 4.45. The van der Waals surface area contributed by atoms with Gasteiger partial charge in [0.1, 0.15) is 13.2 Å². The van der Waals surface area contributed by atoms with Gasteiger partial charge in [-0.25, -0.2) is 0 Å². The number of rotatable bonds is 3. The van der Waals surface area contributed by atoms with E-state index in [1.165, 1.54) is 5.69 Å². The largest absolute Gasteiger partial charge is 0.486 e. The third kappa shape index (κ3) is 3.08. The van der Waals surface area contributed by atoms with Crippen LogP contribution in [0.2, 0.25) is 0 Å². The van der Waals surface area contributed by atoms with Gasteiger partial charge < -0.3 is 18.9 Å². The predicted octanol–water partition coefficient (Wildman–Crippen LogP) is 2.29. The number of hydrogen-bond donors (Lipinski definition) is 0. The highest BCUT2D eigenvalue weighted by molar-refractivity contribution is 5.78. The Hall–Kier alpha value is -2.47. The Kier molecular flexibility index (Phi) is 4.28. The van der Waals surface area contributed by atoms with Crippen LogP contribution in [0, 0.1) is 0 Å². The van der Waals surface area contributed by atoms with Gasteiger partial charge in [0.15, 0.2) is 11.5 Å². The van der Waals surface area contributed by atoms with E-state index in [1.807, 2.05) is 11.0 Å².